The maximum absolute atomic E-state index is 12.5. The van der Waals surface area contributed by atoms with Gasteiger partial charge >= 0.3 is 0 Å². The summed E-state index contributed by atoms with van der Waals surface area (Å²) in [4.78, 5) is 0. The molecule has 0 saturated heterocycles. The summed E-state index contributed by atoms with van der Waals surface area (Å²) in [5, 5.41) is 93.5. The number of phenols is 8. The first-order chi connectivity index (χ1) is 34.4. The second-order valence-corrected chi connectivity index (χ2v) is 18.9. The molecule has 0 aliphatic heterocycles. The van der Waals surface area contributed by atoms with E-state index in [-0.39, 0.29) is 69.9 Å². The highest BCUT2D eigenvalue weighted by Crippen LogP contribution is 2.53. The molecule has 8 bridgehead atoms. The van der Waals surface area contributed by atoms with Gasteiger partial charge in [0.25, 0.3) is 0 Å². The van der Waals surface area contributed by atoms with Gasteiger partial charge in [-0.3, -0.25) is 0 Å². The van der Waals surface area contributed by atoms with Crippen LogP contribution in [0.2, 0.25) is 0 Å². The largest absolute Gasteiger partial charge is 0.508 e. The third kappa shape index (κ3) is 8.54. The van der Waals surface area contributed by atoms with E-state index in [4.69, 9.17) is 14.2 Å². The van der Waals surface area contributed by atoms with E-state index in [0.717, 1.165) is 5.56 Å². The van der Waals surface area contributed by atoms with Crippen molar-refractivity contribution in [2.24, 2.45) is 0 Å². The fourth-order valence-corrected chi connectivity index (χ4v) is 10.7. The monoisotopic (exact) mass is 966 g/mol. The van der Waals surface area contributed by atoms with Gasteiger partial charge < -0.3 is 55.1 Å². The first-order valence-corrected chi connectivity index (χ1v) is 23.7. The van der Waals surface area contributed by atoms with E-state index in [1.165, 1.54) is 26.4 Å². The van der Waals surface area contributed by atoms with Crippen LogP contribution in [0.1, 0.15) is 125 Å². The topological polar surface area (TPSA) is 190 Å². The molecule has 72 heavy (non-hydrogen) atoms. The molecule has 8 N–H and O–H groups in total. The molecule has 11 heteroatoms. The Balaban J connectivity index is 1.52. The number of hydrogen-bond acceptors (Lipinski definition) is 11. The molecule has 11 nitrogen and oxygen atoms in total. The van der Waals surface area contributed by atoms with Crippen molar-refractivity contribution in [1.82, 2.24) is 0 Å². The minimum atomic E-state index is -0.915. The first-order valence-electron chi connectivity index (χ1n) is 23.7. The molecule has 0 heterocycles. The number of phenolic OH excluding ortho intramolecular Hbond substituents is 8. The number of aryl methyl sites for hydroxylation is 5. The zero-order valence-corrected chi connectivity index (χ0v) is 41.4. The van der Waals surface area contributed by atoms with Crippen LogP contribution < -0.4 is 14.2 Å². The van der Waals surface area contributed by atoms with Crippen LogP contribution in [-0.4, -0.2) is 61.7 Å². The molecule has 4 atom stereocenters. The van der Waals surface area contributed by atoms with Crippen LogP contribution in [-0.2, 0) is 0 Å². The van der Waals surface area contributed by atoms with E-state index in [1.807, 2.05) is 69.3 Å². The summed E-state index contributed by atoms with van der Waals surface area (Å²) in [6, 6.07) is 34.8. The fourth-order valence-electron chi connectivity index (χ4n) is 10.7. The molecule has 0 aromatic heterocycles. The Morgan fingerprint density at radius 3 is 0.944 bits per heavy atom. The van der Waals surface area contributed by atoms with Gasteiger partial charge in [0.15, 0.2) is 11.5 Å². The van der Waals surface area contributed by atoms with Crippen LogP contribution >= 0.6 is 0 Å². The van der Waals surface area contributed by atoms with Crippen molar-refractivity contribution in [2.45, 2.75) is 65.2 Å². The number of rotatable bonds is 8. The highest BCUT2D eigenvalue weighted by atomic mass is 16.5. The summed E-state index contributed by atoms with van der Waals surface area (Å²) in [5.74, 6) is -2.69. The molecule has 0 fully saturated rings. The highest BCUT2D eigenvalue weighted by Gasteiger charge is 2.35. The third-order valence-electron chi connectivity index (χ3n) is 14.4. The molecular weight excluding hydrogens is 909 g/mol. The summed E-state index contributed by atoms with van der Waals surface area (Å²) in [5.41, 5.74) is 9.99. The van der Waals surface area contributed by atoms with Crippen LogP contribution in [0.3, 0.4) is 0 Å². The average molecular weight is 967 g/mol. The first kappa shape index (κ1) is 48.6. The molecule has 0 saturated carbocycles. The van der Waals surface area contributed by atoms with Crippen molar-refractivity contribution < 1.29 is 55.1 Å². The summed E-state index contributed by atoms with van der Waals surface area (Å²) in [6.45, 7) is 11.2. The quantitative estimate of drug-likeness (QED) is 0.0723. The lowest BCUT2D eigenvalue weighted by molar-refractivity contribution is 0.317. The van der Waals surface area contributed by atoms with Gasteiger partial charge in [0.2, 0.25) is 0 Å². The highest BCUT2D eigenvalue weighted by molar-refractivity contribution is 5.67. The zero-order chi connectivity index (χ0) is 51.4. The van der Waals surface area contributed by atoms with Crippen molar-refractivity contribution in [3.63, 3.8) is 0 Å². The standard InChI is InChI=1S/C61H58O11/c1-9-72-57-23-38(13-17-50(57)65)61-44-27-45(55(70-7)29-54(44)69)60(37-12-16-49(64)34(6)20-37)42-25-40(31(3)22-52(42)67)58(35-10-14-47(62)32(4)18-35)41-24-39(30(2)21-51(41)66)59(36-11-15-48(63)33(5)19-36)43-26-46(61)56(71-8)28-53(43)68/h10-29,58-69H,9H2,1-8H3. The average Bonchev–Trinajstić information content (AvgIpc) is 3.34. The van der Waals surface area contributed by atoms with E-state index >= 15 is 0 Å². The fraction of sp³-hybridized carbons (Fsp3) is 0.213. The summed E-state index contributed by atoms with van der Waals surface area (Å²) >= 11 is 0. The van der Waals surface area contributed by atoms with E-state index in [0.29, 0.717) is 89.0 Å². The maximum Gasteiger partial charge on any atom is 0.161 e. The Labute approximate surface area is 418 Å². The van der Waals surface area contributed by atoms with Crippen LogP contribution in [0.5, 0.6) is 63.2 Å². The third-order valence-corrected chi connectivity index (χ3v) is 14.4. The molecule has 0 spiro atoms. The number of benzene rings is 8. The molecule has 1 aliphatic rings. The van der Waals surface area contributed by atoms with Crippen molar-refractivity contribution >= 4 is 0 Å². The van der Waals surface area contributed by atoms with E-state index in [1.54, 1.807) is 81.4 Å². The minimum absolute atomic E-state index is 0.0181. The second kappa shape index (κ2) is 19.0. The number of aromatic hydroxyl groups is 8. The second-order valence-electron chi connectivity index (χ2n) is 18.9. The molecule has 4 unspecified atom stereocenters. The Morgan fingerprint density at radius 2 is 0.611 bits per heavy atom. The van der Waals surface area contributed by atoms with E-state index in [9.17, 15) is 40.9 Å². The summed E-state index contributed by atoms with van der Waals surface area (Å²) in [6.07, 6.45) is 0. The van der Waals surface area contributed by atoms with Gasteiger partial charge in [-0.25, -0.2) is 0 Å². The van der Waals surface area contributed by atoms with Crippen LogP contribution in [0, 0.1) is 34.6 Å². The number of hydrogen-bond donors (Lipinski definition) is 8. The van der Waals surface area contributed by atoms with Gasteiger partial charge in [-0.05, 0) is 169 Å². The molecule has 1 aliphatic carbocycles. The van der Waals surface area contributed by atoms with Crippen LogP contribution in [0.4, 0.5) is 0 Å². The zero-order valence-electron chi connectivity index (χ0n) is 41.4. The molecule has 368 valence electrons. The van der Waals surface area contributed by atoms with Gasteiger partial charge in [-0.1, -0.05) is 42.5 Å². The van der Waals surface area contributed by atoms with Crippen molar-refractivity contribution in [2.75, 3.05) is 20.8 Å². The predicted molar refractivity (Wildman–Crippen MR) is 277 cm³/mol. The van der Waals surface area contributed by atoms with Gasteiger partial charge in [0, 0.05) is 69.2 Å². The maximum atomic E-state index is 12.5. The molecule has 0 amide bonds. The van der Waals surface area contributed by atoms with Gasteiger partial charge in [0.05, 0.1) is 20.8 Å². The molecular formula is C61H58O11. The number of ether oxygens (including phenoxy) is 3. The van der Waals surface area contributed by atoms with Gasteiger partial charge in [-0.15, -0.1) is 0 Å². The SMILES string of the molecule is CCOc1cc(C2c3cc(c(OC)cc3O)C(c3ccc(O)c(C)c3)c3cc(c(C)cc3O)C(c3ccc(O)c(C)c3)c3cc(c(C)cc3O)C(c3ccc(O)c(C)c3)c3cc2c(OC)cc3O)ccc1O. The van der Waals surface area contributed by atoms with Gasteiger partial charge in [-0.2, -0.15) is 0 Å². The Morgan fingerprint density at radius 1 is 0.306 bits per heavy atom. The molecule has 0 radical (unpaired) electrons. The van der Waals surface area contributed by atoms with Crippen LogP contribution in [0.15, 0.2) is 121 Å². The Hall–Kier alpha value is -8.44. The molecule has 8 aromatic carbocycles. The predicted octanol–water partition coefficient (Wildman–Crippen LogP) is 12.3. The van der Waals surface area contributed by atoms with E-state index < -0.39 is 23.7 Å². The Bertz CT molecular complexity index is 3430. The lowest BCUT2D eigenvalue weighted by atomic mass is 9.74. The number of fused-ring (bicyclic) bond motifs is 8. The van der Waals surface area contributed by atoms with Gasteiger partial charge in [0.1, 0.15) is 51.7 Å². The van der Waals surface area contributed by atoms with Crippen molar-refractivity contribution in [3.05, 3.63) is 216 Å². The van der Waals surface area contributed by atoms with Crippen LogP contribution in [0.25, 0.3) is 0 Å². The normalized spacial score (nSPS) is 16.3. The molecule has 9 rings (SSSR count). The molecule has 8 aromatic rings. The van der Waals surface area contributed by atoms with Crippen molar-refractivity contribution in [1.29, 1.82) is 0 Å². The summed E-state index contributed by atoms with van der Waals surface area (Å²) < 4.78 is 18.2. The smallest absolute Gasteiger partial charge is 0.161 e. The minimum Gasteiger partial charge on any atom is -0.508 e. The number of methoxy groups -OCH3 is 2. The van der Waals surface area contributed by atoms with Crippen molar-refractivity contribution in [3.8, 4) is 63.2 Å². The van der Waals surface area contributed by atoms with E-state index in [2.05, 4.69) is 0 Å². The summed E-state index contributed by atoms with van der Waals surface area (Å²) in [7, 11) is 2.99. The lowest BCUT2D eigenvalue weighted by Gasteiger charge is -2.31. The Kier molecular flexibility index (Phi) is 12.9. The lowest BCUT2D eigenvalue weighted by Crippen LogP contribution is -2.15.